The first-order valence-electron chi connectivity index (χ1n) is 5.60. The van der Waals surface area contributed by atoms with Gasteiger partial charge in [-0.05, 0) is 30.2 Å². The summed E-state index contributed by atoms with van der Waals surface area (Å²) in [5, 5.41) is 0. The van der Waals surface area contributed by atoms with Crippen molar-refractivity contribution in [2.75, 3.05) is 0 Å². The molecule has 0 aliphatic heterocycles. The van der Waals surface area contributed by atoms with E-state index in [4.69, 9.17) is 0 Å². The number of hydrogen-bond donors (Lipinski definition) is 0. The quantitative estimate of drug-likeness (QED) is 0.755. The molecule has 0 amide bonds. The first-order valence-corrected chi connectivity index (χ1v) is 5.60. The van der Waals surface area contributed by atoms with Gasteiger partial charge in [0, 0.05) is 6.42 Å². The van der Waals surface area contributed by atoms with Gasteiger partial charge in [0.1, 0.15) is 11.6 Å². The van der Waals surface area contributed by atoms with Crippen molar-refractivity contribution in [1.29, 1.82) is 0 Å². The Morgan fingerprint density at radius 1 is 1.06 bits per heavy atom. The largest absolute Gasteiger partial charge is 0.294 e. The van der Waals surface area contributed by atoms with Crippen molar-refractivity contribution in [3.63, 3.8) is 0 Å². The number of halogens is 2. The second kappa shape index (κ2) is 5.08. The number of ketones is 1. The van der Waals surface area contributed by atoms with Gasteiger partial charge < -0.3 is 0 Å². The third-order valence-electron chi connectivity index (χ3n) is 2.76. The van der Waals surface area contributed by atoms with Crippen LogP contribution in [0.1, 0.15) is 21.5 Å². The molecule has 0 saturated carbocycles. The van der Waals surface area contributed by atoms with Gasteiger partial charge in [0.25, 0.3) is 0 Å². The van der Waals surface area contributed by atoms with E-state index < -0.39 is 17.4 Å². The van der Waals surface area contributed by atoms with Crippen LogP contribution >= 0.6 is 0 Å². The Labute approximate surface area is 104 Å². The highest BCUT2D eigenvalue weighted by Gasteiger charge is 2.14. The molecule has 0 aromatic heterocycles. The lowest BCUT2D eigenvalue weighted by Gasteiger charge is -2.05. The molecule has 0 N–H and O–H groups in total. The fourth-order valence-electron chi connectivity index (χ4n) is 1.74. The number of carbonyl (C=O) groups excluding carboxylic acids is 1. The molecule has 0 fully saturated rings. The van der Waals surface area contributed by atoms with E-state index in [-0.39, 0.29) is 17.5 Å². The molecule has 0 bridgehead atoms. The Bertz CT molecular complexity index is 577. The summed E-state index contributed by atoms with van der Waals surface area (Å²) < 4.78 is 26.9. The predicted octanol–water partition coefficient (Wildman–Crippen LogP) is 3.70. The van der Waals surface area contributed by atoms with E-state index in [0.717, 1.165) is 17.7 Å². The minimum absolute atomic E-state index is 0.0697. The minimum Gasteiger partial charge on any atom is -0.294 e. The van der Waals surface area contributed by atoms with Gasteiger partial charge in [0.15, 0.2) is 5.78 Å². The number of Topliss-reactive ketones (excluding diaryl/α,β-unsaturated/α-hetero) is 1. The van der Waals surface area contributed by atoms with Crippen molar-refractivity contribution < 1.29 is 13.6 Å². The molecule has 2 rings (SSSR count). The molecular weight excluding hydrogens is 234 g/mol. The monoisotopic (exact) mass is 246 g/mol. The van der Waals surface area contributed by atoms with Gasteiger partial charge in [0.2, 0.25) is 0 Å². The zero-order chi connectivity index (χ0) is 13.1. The van der Waals surface area contributed by atoms with E-state index in [0.29, 0.717) is 0 Å². The molecule has 0 atom stereocenters. The third-order valence-corrected chi connectivity index (χ3v) is 2.76. The van der Waals surface area contributed by atoms with Crippen molar-refractivity contribution in [2.24, 2.45) is 0 Å². The molecular formula is C15H12F2O. The van der Waals surface area contributed by atoms with E-state index in [1.807, 2.05) is 6.07 Å². The minimum atomic E-state index is -0.671. The fraction of sp³-hybridized carbons (Fsp3) is 0.133. The van der Waals surface area contributed by atoms with E-state index in [1.54, 1.807) is 24.3 Å². The van der Waals surface area contributed by atoms with Gasteiger partial charge in [-0.15, -0.1) is 0 Å². The summed E-state index contributed by atoms with van der Waals surface area (Å²) in [5.41, 5.74) is 0.786. The fourth-order valence-corrected chi connectivity index (χ4v) is 1.74. The van der Waals surface area contributed by atoms with Crippen LogP contribution in [0.4, 0.5) is 8.78 Å². The topological polar surface area (TPSA) is 17.1 Å². The number of aryl methyl sites for hydroxylation is 1. The van der Waals surface area contributed by atoms with E-state index in [2.05, 4.69) is 0 Å². The van der Waals surface area contributed by atoms with Crippen molar-refractivity contribution in [3.05, 3.63) is 70.8 Å². The lowest BCUT2D eigenvalue weighted by atomic mass is 10.0. The number of hydrogen-bond acceptors (Lipinski definition) is 1. The van der Waals surface area contributed by atoms with Gasteiger partial charge in [0.05, 0.1) is 5.56 Å². The Kier molecular flexibility index (Phi) is 3.51. The maximum atomic E-state index is 13.6. The molecule has 2 aromatic carbocycles. The molecule has 92 valence electrons. The summed E-state index contributed by atoms with van der Waals surface area (Å²) >= 11 is 0. The molecule has 2 aromatic rings. The maximum Gasteiger partial charge on any atom is 0.170 e. The van der Waals surface area contributed by atoms with Crippen LogP contribution in [0, 0.1) is 18.6 Å². The van der Waals surface area contributed by atoms with Crippen LogP contribution in [-0.2, 0) is 6.42 Å². The van der Waals surface area contributed by atoms with Crippen molar-refractivity contribution in [1.82, 2.24) is 0 Å². The standard InChI is InChI=1S/C15H12F2O/c1-10-7-14(17)12(9-13(10)16)15(18)8-11-5-3-2-4-6-11/h2-7,9H,8H2,1H3. The van der Waals surface area contributed by atoms with Crippen LogP contribution in [-0.4, -0.2) is 5.78 Å². The average Bonchev–Trinajstić information content (AvgIpc) is 2.35. The zero-order valence-electron chi connectivity index (χ0n) is 9.91. The third kappa shape index (κ3) is 2.62. The van der Waals surface area contributed by atoms with Gasteiger partial charge in [-0.3, -0.25) is 4.79 Å². The summed E-state index contributed by atoms with van der Waals surface area (Å²) in [4.78, 5) is 11.9. The Morgan fingerprint density at radius 3 is 2.39 bits per heavy atom. The van der Waals surface area contributed by atoms with E-state index >= 15 is 0 Å². The lowest BCUT2D eigenvalue weighted by Crippen LogP contribution is -2.07. The van der Waals surface area contributed by atoms with E-state index in [9.17, 15) is 13.6 Å². The van der Waals surface area contributed by atoms with Crippen molar-refractivity contribution in [3.8, 4) is 0 Å². The van der Waals surface area contributed by atoms with Crippen LogP contribution in [0.25, 0.3) is 0 Å². The van der Waals surface area contributed by atoms with Gasteiger partial charge in [-0.25, -0.2) is 8.78 Å². The summed E-state index contributed by atoms with van der Waals surface area (Å²) in [6.45, 7) is 1.46. The lowest BCUT2D eigenvalue weighted by molar-refractivity contribution is 0.0988. The number of carbonyl (C=O) groups is 1. The van der Waals surface area contributed by atoms with Gasteiger partial charge in [-0.1, -0.05) is 30.3 Å². The molecule has 0 radical (unpaired) electrons. The molecule has 0 unspecified atom stereocenters. The summed E-state index contributed by atoms with van der Waals surface area (Å²) in [6, 6.07) is 11.0. The first kappa shape index (κ1) is 12.4. The smallest absolute Gasteiger partial charge is 0.170 e. The zero-order valence-corrected chi connectivity index (χ0v) is 9.91. The van der Waals surface area contributed by atoms with Crippen LogP contribution in [0.5, 0.6) is 0 Å². The normalized spacial score (nSPS) is 10.4. The van der Waals surface area contributed by atoms with Crippen molar-refractivity contribution >= 4 is 5.78 Å². The molecule has 0 aliphatic rings. The molecule has 0 heterocycles. The van der Waals surface area contributed by atoms with Crippen LogP contribution in [0.2, 0.25) is 0 Å². The van der Waals surface area contributed by atoms with Gasteiger partial charge >= 0.3 is 0 Å². The van der Waals surface area contributed by atoms with Crippen molar-refractivity contribution in [2.45, 2.75) is 13.3 Å². The Morgan fingerprint density at radius 2 is 1.72 bits per heavy atom. The Hall–Kier alpha value is -2.03. The summed E-state index contributed by atoms with van der Waals surface area (Å²) in [7, 11) is 0. The maximum absolute atomic E-state index is 13.6. The molecule has 0 spiro atoms. The highest BCUT2D eigenvalue weighted by molar-refractivity contribution is 5.97. The molecule has 0 aliphatic carbocycles. The molecule has 18 heavy (non-hydrogen) atoms. The summed E-state index contributed by atoms with van der Waals surface area (Å²) in [6.07, 6.45) is 0.0697. The summed E-state index contributed by atoms with van der Waals surface area (Å²) in [5.74, 6) is -1.65. The highest BCUT2D eigenvalue weighted by atomic mass is 19.1. The van der Waals surface area contributed by atoms with Crippen LogP contribution in [0.15, 0.2) is 42.5 Å². The Balaban J connectivity index is 2.27. The first-order chi connectivity index (χ1) is 8.58. The number of benzene rings is 2. The van der Waals surface area contributed by atoms with E-state index in [1.165, 1.54) is 6.92 Å². The average molecular weight is 246 g/mol. The molecule has 1 nitrogen and oxygen atoms in total. The predicted molar refractivity (Wildman–Crippen MR) is 65.6 cm³/mol. The second-order valence-corrected chi connectivity index (χ2v) is 4.17. The van der Waals surface area contributed by atoms with Crippen LogP contribution in [0.3, 0.4) is 0 Å². The molecule has 0 saturated heterocycles. The van der Waals surface area contributed by atoms with Gasteiger partial charge in [-0.2, -0.15) is 0 Å². The number of rotatable bonds is 3. The highest BCUT2D eigenvalue weighted by Crippen LogP contribution is 2.16. The molecule has 3 heteroatoms. The van der Waals surface area contributed by atoms with Crippen LogP contribution < -0.4 is 0 Å². The second-order valence-electron chi connectivity index (χ2n) is 4.17. The SMILES string of the molecule is Cc1cc(F)c(C(=O)Cc2ccccc2)cc1F.